The van der Waals surface area contributed by atoms with Crippen LogP contribution in [0.5, 0.6) is 5.75 Å². The zero-order valence-electron chi connectivity index (χ0n) is 15.6. The first kappa shape index (κ1) is 19.9. The van der Waals surface area contributed by atoms with Gasteiger partial charge in [0, 0.05) is 11.8 Å². The molecule has 0 unspecified atom stereocenters. The van der Waals surface area contributed by atoms with Crippen LogP contribution in [0.4, 0.5) is 20.2 Å². The van der Waals surface area contributed by atoms with Crippen LogP contribution in [-0.4, -0.2) is 33.9 Å². The van der Waals surface area contributed by atoms with Crippen LogP contribution in [-0.2, 0) is 11.3 Å². The summed E-state index contributed by atoms with van der Waals surface area (Å²) >= 11 is 0. The molecular weight excluding hydrogens is 384 g/mol. The molecule has 0 saturated heterocycles. The lowest BCUT2D eigenvalue weighted by Crippen LogP contribution is -2.21. The Kier molecular flexibility index (Phi) is 5.82. The number of rotatable bonds is 6. The Labute approximate surface area is 164 Å². The number of ether oxygens (including phenoxy) is 1. The molecule has 2 aromatic carbocycles. The van der Waals surface area contributed by atoms with Gasteiger partial charge in [0.15, 0.2) is 5.69 Å². The summed E-state index contributed by atoms with van der Waals surface area (Å²) in [4.78, 5) is 24.5. The molecule has 0 saturated carbocycles. The molecule has 1 heterocycles. The molecule has 0 bridgehead atoms. The number of anilines is 2. The van der Waals surface area contributed by atoms with Crippen LogP contribution in [0.3, 0.4) is 0 Å². The summed E-state index contributed by atoms with van der Waals surface area (Å²) in [7, 11) is 1.54. The molecule has 29 heavy (non-hydrogen) atoms. The maximum Gasteiger partial charge on any atom is 0.278 e. The van der Waals surface area contributed by atoms with E-state index in [0.29, 0.717) is 23.2 Å². The van der Waals surface area contributed by atoms with Gasteiger partial charge in [-0.25, -0.2) is 13.5 Å². The number of benzene rings is 2. The Balaban J connectivity index is 1.66. The van der Waals surface area contributed by atoms with E-state index in [0.717, 1.165) is 12.1 Å². The Bertz CT molecular complexity index is 1050. The zero-order valence-corrected chi connectivity index (χ0v) is 15.6. The zero-order chi connectivity index (χ0) is 21.0. The van der Waals surface area contributed by atoms with Gasteiger partial charge in [0.25, 0.3) is 5.91 Å². The van der Waals surface area contributed by atoms with Crippen molar-refractivity contribution in [3.8, 4) is 5.75 Å². The quantitative estimate of drug-likeness (QED) is 0.662. The number of halogens is 2. The lowest BCUT2D eigenvalue weighted by atomic mass is 10.2. The van der Waals surface area contributed by atoms with Gasteiger partial charge in [-0.15, -0.1) is 5.10 Å². The monoisotopic (exact) mass is 401 g/mol. The number of hydrogen-bond donors (Lipinski definition) is 2. The Morgan fingerprint density at radius 3 is 2.48 bits per heavy atom. The highest BCUT2D eigenvalue weighted by Crippen LogP contribution is 2.17. The molecule has 0 aliphatic heterocycles. The third kappa shape index (κ3) is 4.72. The number of methoxy groups -OCH3 is 1. The minimum absolute atomic E-state index is 0.0431. The number of hydrogen-bond acceptors (Lipinski definition) is 5. The molecule has 10 heteroatoms. The molecule has 0 atom stereocenters. The third-order valence-corrected chi connectivity index (χ3v) is 4.04. The number of nitrogens with zero attached hydrogens (tertiary/aromatic N) is 3. The van der Waals surface area contributed by atoms with E-state index in [1.807, 2.05) is 0 Å². The average molecular weight is 401 g/mol. The van der Waals surface area contributed by atoms with Crippen molar-refractivity contribution in [2.24, 2.45) is 0 Å². The smallest absolute Gasteiger partial charge is 0.278 e. The standard InChI is InChI=1S/C19H17F2N5O3/c1-11-18(19(28)22-13-4-6-14(29-2)7-5-13)24-25-26(11)10-17(27)23-16-8-3-12(20)9-15(16)21/h3-9H,10H2,1-2H3,(H,22,28)(H,23,27). The number of aromatic nitrogens is 3. The van der Waals surface area contributed by atoms with E-state index in [4.69, 9.17) is 4.74 Å². The fourth-order valence-electron chi connectivity index (χ4n) is 2.50. The van der Waals surface area contributed by atoms with Gasteiger partial charge in [0.1, 0.15) is 23.9 Å². The SMILES string of the molecule is COc1ccc(NC(=O)c2nnn(CC(=O)Nc3ccc(F)cc3F)c2C)cc1. The van der Waals surface area contributed by atoms with E-state index in [2.05, 4.69) is 20.9 Å². The number of carbonyl (C=O) groups is 2. The lowest BCUT2D eigenvalue weighted by molar-refractivity contribution is -0.117. The summed E-state index contributed by atoms with van der Waals surface area (Å²) in [6.45, 7) is 1.28. The molecule has 2 amide bonds. The minimum Gasteiger partial charge on any atom is -0.497 e. The van der Waals surface area contributed by atoms with Gasteiger partial charge in [0.05, 0.1) is 18.5 Å². The van der Waals surface area contributed by atoms with E-state index < -0.39 is 23.4 Å². The van der Waals surface area contributed by atoms with Crippen molar-refractivity contribution in [1.82, 2.24) is 15.0 Å². The van der Waals surface area contributed by atoms with Crippen molar-refractivity contribution in [1.29, 1.82) is 0 Å². The van der Waals surface area contributed by atoms with Gasteiger partial charge in [-0.1, -0.05) is 5.21 Å². The molecule has 8 nitrogen and oxygen atoms in total. The normalized spacial score (nSPS) is 10.5. The van der Waals surface area contributed by atoms with Crippen LogP contribution in [0, 0.1) is 18.6 Å². The number of amides is 2. The van der Waals surface area contributed by atoms with Crippen molar-refractivity contribution in [3.63, 3.8) is 0 Å². The van der Waals surface area contributed by atoms with Gasteiger partial charge >= 0.3 is 0 Å². The average Bonchev–Trinajstić information content (AvgIpc) is 3.05. The predicted molar refractivity (Wildman–Crippen MR) is 101 cm³/mol. The molecule has 150 valence electrons. The highest BCUT2D eigenvalue weighted by molar-refractivity contribution is 6.03. The lowest BCUT2D eigenvalue weighted by Gasteiger charge is -2.08. The molecule has 0 aliphatic rings. The topological polar surface area (TPSA) is 98.1 Å². The molecule has 0 fully saturated rings. The van der Waals surface area contributed by atoms with Crippen LogP contribution in [0.25, 0.3) is 0 Å². The molecule has 3 aromatic rings. The van der Waals surface area contributed by atoms with Gasteiger partial charge in [-0.3, -0.25) is 9.59 Å². The second-order valence-corrected chi connectivity index (χ2v) is 6.04. The van der Waals surface area contributed by atoms with Gasteiger partial charge in [0.2, 0.25) is 5.91 Å². The third-order valence-electron chi connectivity index (χ3n) is 4.04. The number of carbonyl (C=O) groups excluding carboxylic acids is 2. The summed E-state index contributed by atoms with van der Waals surface area (Å²) < 4.78 is 32.8. The summed E-state index contributed by atoms with van der Waals surface area (Å²) in [5, 5.41) is 12.6. The van der Waals surface area contributed by atoms with Crippen LogP contribution in [0.2, 0.25) is 0 Å². The Morgan fingerprint density at radius 1 is 1.10 bits per heavy atom. The molecule has 0 spiro atoms. The summed E-state index contributed by atoms with van der Waals surface area (Å²) in [5.74, 6) is -2.10. The van der Waals surface area contributed by atoms with Crippen LogP contribution >= 0.6 is 0 Å². The minimum atomic E-state index is -0.895. The van der Waals surface area contributed by atoms with Crippen LogP contribution in [0.1, 0.15) is 16.2 Å². The van der Waals surface area contributed by atoms with Crippen LogP contribution in [0.15, 0.2) is 42.5 Å². The van der Waals surface area contributed by atoms with Gasteiger partial charge in [-0.2, -0.15) is 0 Å². The first-order valence-corrected chi connectivity index (χ1v) is 8.47. The first-order valence-electron chi connectivity index (χ1n) is 8.47. The molecular formula is C19H17F2N5O3. The molecule has 0 aliphatic carbocycles. The molecule has 0 radical (unpaired) electrons. The van der Waals surface area contributed by atoms with E-state index in [1.165, 1.54) is 11.8 Å². The van der Waals surface area contributed by atoms with E-state index >= 15 is 0 Å². The molecule has 2 N–H and O–H groups in total. The van der Waals surface area contributed by atoms with E-state index in [9.17, 15) is 18.4 Å². The Hall–Kier alpha value is -3.82. The maximum atomic E-state index is 13.6. The second-order valence-electron chi connectivity index (χ2n) is 6.04. The van der Waals surface area contributed by atoms with Crippen molar-refractivity contribution < 1.29 is 23.1 Å². The highest BCUT2D eigenvalue weighted by atomic mass is 19.1. The van der Waals surface area contributed by atoms with Crippen LogP contribution < -0.4 is 15.4 Å². The Morgan fingerprint density at radius 2 is 1.83 bits per heavy atom. The summed E-state index contributed by atoms with van der Waals surface area (Å²) in [6, 6.07) is 9.53. The van der Waals surface area contributed by atoms with Crippen molar-refractivity contribution in [2.75, 3.05) is 17.7 Å². The summed E-state index contributed by atoms with van der Waals surface area (Å²) in [6.07, 6.45) is 0. The highest BCUT2D eigenvalue weighted by Gasteiger charge is 2.18. The van der Waals surface area contributed by atoms with E-state index in [1.54, 1.807) is 31.2 Å². The van der Waals surface area contributed by atoms with Gasteiger partial charge in [-0.05, 0) is 43.3 Å². The van der Waals surface area contributed by atoms with Gasteiger partial charge < -0.3 is 15.4 Å². The fourth-order valence-corrected chi connectivity index (χ4v) is 2.50. The summed E-state index contributed by atoms with van der Waals surface area (Å²) in [5.41, 5.74) is 0.772. The molecule has 3 rings (SSSR count). The fraction of sp³-hybridized carbons (Fsp3) is 0.158. The molecule has 1 aromatic heterocycles. The predicted octanol–water partition coefficient (Wildman–Crippen LogP) is 2.76. The maximum absolute atomic E-state index is 13.6. The van der Waals surface area contributed by atoms with E-state index in [-0.39, 0.29) is 17.9 Å². The van der Waals surface area contributed by atoms with Crippen molar-refractivity contribution in [3.05, 3.63) is 65.5 Å². The first-order chi connectivity index (χ1) is 13.9. The van der Waals surface area contributed by atoms with Crippen molar-refractivity contribution in [2.45, 2.75) is 13.5 Å². The largest absolute Gasteiger partial charge is 0.497 e. The second kappa shape index (κ2) is 8.46. The van der Waals surface area contributed by atoms with Crippen molar-refractivity contribution >= 4 is 23.2 Å². The number of nitrogens with one attached hydrogen (secondary N) is 2.